The van der Waals surface area contributed by atoms with Crippen molar-refractivity contribution in [1.29, 1.82) is 0 Å². The van der Waals surface area contributed by atoms with Crippen molar-refractivity contribution in [2.24, 2.45) is 0 Å². The van der Waals surface area contributed by atoms with Gasteiger partial charge in [-0.2, -0.15) is 0 Å². The Morgan fingerprint density at radius 2 is 1.67 bits per heavy atom. The lowest BCUT2D eigenvalue weighted by Crippen LogP contribution is -1.93. The summed E-state index contributed by atoms with van der Waals surface area (Å²) >= 11 is 0. The third kappa shape index (κ3) is 5.30. The topological polar surface area (TPSA) is 66.2 Å². The molecule has 0 aromatic carbocycles. The molecule has 72 valence electrons. The van der Waals surface area contributed by atoms with Crippen molar-refractivity contribution in [3.8, 4) is 0 Å². The van der Waals surface area contributed by atoms with Gasteiger partial charge in [0, 0.05) is 13.9 Å². The molecule has 0 aliphatic carbocycles. The summed E-state index contributed by atoms with van der Waals surface area (Å²) in [6, 6.07) is 0. The van der Waals surface area contributed by atoms with E-state index in [2.05, 4.69) is 13.6 Å². The van der Waals surface area contributed by atoms with Gasteiger partial charge in [0.25, 0.3) is 0 Å². The quantitative estimate of drug-likeness (QED) is 0.364. The van der Waals surface area contributed by atoms with Gasteiger partial charge in [-0.3, -0.25) is 0 Å². The third-order valence-corrected chi connectivity index (χ3v) is 6.73. The minimum atomic E-state index is -1.75. The zero-order chi connectivity index (χ0) is 9.61. The molecule has 1 saturated heterocycles. The molecule has 0 saturated carbocycles. The molecule has 1 rings (SSSR count). The predicted molar refractivity (Wildman–Crippen MR) is 52.7 cm³/mol. The summed E-state index contributed by atoms with van der Waals surface area (Å²) in [7, 11) is -0.301. The Morgan fingerprint density at radius 1 is 1.33 bits per heavy atom. The molecule has 0 N–H and O–H groups in total. The maximum atomic E-state index is 8.25. The Bertz CT molecular complexity index is 142. The van der Waals surface area contributed by atoms with E-state index < -0.39 is 5.09 Å². The van der Waals surface area contributed by atoms with E-state index in [1.165, 1.54) is 19.0 Å². The van der Waals surface area contributed by atoms with E-state index in [9.17, 15) is 0 Å². The molecular formula is C7H16NO3P. The zero-order valence-corrected chi connectivity index (χ0v) is 8.55. The lowest BCUT2D eigenvalue weighted by atomic mass is 10.4. The lowest BCUT2D eigenvalue weighted by Gasteiger charge is -2.12. The summed E-state index contributed by atoms with van der Waals surface area (Å²) in [6.07, 6.45) is 7.72. The molecule has 1 heterocycles. The molecule has 1 fully saturated rings. The number of rotatable bonds is 1. The average Bonchev–Trinajstić information content (AvgIpc) is 2.36. The highest BCUT2D eigenvalue weighted by atomic mass is 31.2. The van der Waals surface area contributed by atoms with Crippen LogP contribution in [0.15, 0.2) is 0 Å². The van der Waals surface area contributed by atoms with Gasteiger partial charge in [0.05, 0.1) is 23.6 Å². The van der Waals surface area contributed by atoms with Crippen LogP contribution in [0.2, 0.25) is 0 Å². The third-order valence-electron chi connectivity index (χ3n) is 2.41. The van der Waals surface area contributed by atoms with Gasteiger partial charge < -0.3 is 15.3 Å². The first-order valence-electron chi connectivity index (χ1n) is 4.15. The van der Waals surface area contributed by atoms with E-state index in [4.69, 9.17) is 15.3 Å². The van der Waals surface area contributed by atoms with Gasteiger partial charge >= 0.3 is 0 Å². The second-order valence-electron chi connectivity index (χ2n) is 3.31. The normalized spacial score (nSPS) is 19.5. The molecule has 0 unspecified atom stereocenters. The van der Waals surface area contributed by atoms with Crippen LogP contribution in [0.3, 0.4) is 0 Å². The van der Waals surface area contributed by atoms with Crippen molar-refractivity contribution in [2.75, 3.05) is 25.2 Å². The predicted octanol–water partition coefficient (Wildman–Crippen LogP) is 2.21. The van der Waals surface area contributed by atoms with Crippen molar-refractivity contribution in [1.82, 2.24) is 0 Å². The Kier molecular flexibility index (Phi) is 5.14. The number of hydrogen-bond donors (Lipinski definition) is 0. The van der Waals surface area contributed by atoms with Crippen LogP contribution in [-0.4, -0.2) is 30.2 Å². The van der Waals surface area contributed by atoms with Crippen molar-refractivity contribution < 1.29 is 5.09 Å². The van der Waals surface area contributed by atoms with Crippen LogP contribution in [0, 0.1) is 15.3 Å². The van der Waals surface area contributed by atoms with Gasteiger partial charge in [0.1, 0.15) is 0 Å². The second-order valence-corrected chi connectivity index (χ2v) is 8.08. The zero-order valence-electron chi connectivity index (χ0n) is 7.65. The van der Waals surface area contributed by atoms with Crippen LogP contribution < -0.4 is 0 Å². The second kappa shape index (κ2) is 5.31. The van der Waals surface area contributed by atoms with Crippen molar-refractivity contribution >= 4 is 7.26 Å². The summed E-state index contributed by atoms with van der Waals surface area (Å²) in [5.74, 6) is 0. The van der Waals surface area contributed by atoms with E-state index in [1.54, 1.807) is 12.3 Å². The monoisotopic (exact) mass is 193 g/mol. The highest BCUT2D eigenvalue weighted by Gasteiger charge is 2.32. The first-order valence-corrected chi connectivity index (χ1v) is 6.94. The van der Waals surface area contributed by atoms with Crippen molar-refractivity contribution in [2.45, 2.75) is 19.8 Å². The van der Waals surface area contributed by atoms with Gasteiger partial charge in [-0.05, 0) is 19.8 Å². The largest absolute Gasteiger partial charge is 0.356 e. The lowest BCUT2D eigenvalue weighted by molar-refractivity contribution is -0.402. The Balaban J connectivity index is 0.000000261. The molecule has 0 aromatic rings. The van der Waals surface area contributed by atoms with Crippen LogP contribution >= 0.6 is 7.26 Å². The fourth-order valence-corrected chi connectivity index (χ4v) is 4.25. The van der Waals surface area contributed by atoms with Crippen LogP contribution in [0.4, 0.5) is 0 Å². The Hall–Kier alpha value is -0.370. The standard InChI is InChI=1S/C7H16P.NO3/c1-3-8(2)6-4-5-7-8;2-1(3)4/h3-7H2,1-2H3;/q+1;-1. The molecular weight excluding hydrogens is 177 g/mol. The van der Waals surface area contributed by atoms with E-state index in [1.807, 2.05) is 0 Å². The molecule has 5 heteroatoms. The molecule has 1 aliphatic heterocycles. The molecule has 0 aromatic heterocycles. The van der Waals surface area contributed by atoms with Gasteiger partial charge in [-0.15, -0.1) is 0 Å². The summed E-state index contributed by atoms with van der Waals surface area (Å²) < 4.78 is 0. The molecule has 0 radical (unpaired) electrons. The molecule has 0 amide bonds. The van der Waals surface area contributed by atoms with Crippen LogP contribution in [0.1, 0.15) is 19.8 Å². The highest BCUT2D eigenvalue weighted by Crippen LogP contribution is 2.59. The highest BCUT2D eigenvalue weighted by molar-refractivity contribution is 7.75. The smallest absolute Gasteiger partial charge is 0.0689 e. The minimum absolute atomic E-state index is 0.301. The van der Waals surface area contributed by atoms with E-state index in [0.717, 1.165) is 0 Å². The maximum Gasteiger partial charge on any atom is 0.0689 e. The van der Waals surface area contributed by atoms with E-state index >= 15 is 0 Å². The fraction of sp³-hybridized carbons (Fsp3) is 1.00. The van der Waals surface area contributed by atoms with Gasteiger partial charge in [0.15, 0.2) is 0 Å². The van der Waals surface area contributed by atoms with Crippen molar-refractivity contribution in [3.63, 3.8) is 0 Å². The fourth-order valence-electron chi connectivity index (χ4n) is 1.42. The molecule has 0 atom stereocenters. The summed E-state index contributed by atoms with van der Waals surface area (Å²) in [4.78, 5) is 8.25. The van der Waals surface area contributed by atoms with Gasteiger partial charge in [-0.1, -0.05) is 0 Å². The molecule has 1 aliphatic rings. The van der Waals surface area contributed by atoms with Crippen LogP contribution in [0.25, 0.3) is 0 Å². The average molecular weight is 193 g/mol. The van der Waals surface area contributed by atoms with E-state index in [0.29, 0.717) is 0 Å². The van der Waals surface area contributed by atoms with Gasteiger partial charge in [-0.25, -0.2) is 0 Å². The first-order chi connectivity index (χ1) is 5.50. The van der Waals surface area contributed by atoms with Gasteiger partial charge in [0.2, 0.25) is 0 Å². The molecule has 0 spiro atoms. The first kappa shape index (κ1) is 11.6. The molecule has 4 nitrogen and oxygen atoms in total. The Labute approximate surface area is 73.4 Å². The van der Waals surface area contributed by atoms with Crippen molar-refractivity contribution in [3.05, 3.63) is 15.3 Å². The SMILES string of the molecule is CC[P+]1(C)CCCC1.O=[N+]([O-])[O-]. The molecule has 12 heavy (non-hydrogen) atoms. The molecule has 0 bridgehead atoms. The number of nitrogens with zero attached hydrogens (tertiary/aromatic N) is 1. The van der Waals surface area contributed by atoms with Crippen LogP contribution in [0.5, 0.6) is 0 Å². The summed E-state index contributed by atoms with van der Waals surface area (Å²) in [5, 5.41) is 14.8. The van der Waals surface area contributed by atoms with E-state index in [-0.39, 0.29) is 7.26 Å². The maximum absolute atomic E-state index is 8.25. The summed E-state index contributed by atoms with van der Waals surface area (Å²) in [5.41, 5.74) is 0. The minimum Gasteiger partial charge on any atom is -0.356 e. The Morgan fingerprint density at radius 3 is 1.83 bits per heavy atom. The summed E-state index contributed by atoms with van der Waals surface area (Å²) in [6.45, 7) is 4.89. The number of hydrogen-bond acceptors (Lipinski definition) is 3. The van der Waals surface area contributed by atoms with Crippen LogP contribution in [-0.2, 0) is 0 Å².